The Morgan fingerprint density at radius 3 is 2.42 bits per heavy atom. The van der Waals surface area contributed by atoms with Crippen LogP contribution in [-0.2, 0) is 9.59 Å². The van der Waals surface area contributed by atoms with E-state index in [0.717, 1.165) is 4.90 Å². The van der Waals surface area contributed by atoms with Gasteiger partial charge in [0.15, 0.2) is 5.76 Å². The first kappa shape index (κ1) is 18.0. The van der Waals surface area contributed by atoms with Crippen LogP contribution in [-0.4, -0.2) is 89.7 Å². The Morgan fingerprint density at radius 1 is 1.12 bits per heavy atom. The number of rotatable bonds is 3. The molecule has 9 heteroatoms. The van der Waals surface area contributed by atoms with Gasteiger partial charge >= 0.3 is 6.03 Å². The fourth-order valence-corrected chi connectivity index (χ4v) is 3.30. The van der Waals surface area contributed by atoms with Crippen LogP contribution in [0.3, 0.4) is 0 Å². The third kappa shape index (κ3) is 3.29. The number of amides is 5. The van der Waals surface area contributed by atoms with E-state index in [1.807, 2.05) is 0 Å². The summed E-state index contributed by atoms with van der Waals surface area (Å²) in [6, 6.07) is 2.11. The van der Waals surface area contributed by atoms with Crippen LogP contribution in [0.25, 0.3) is 0 Å². The minimum atomic E-state index is -0.760. The fraction of sp³-hybridized carbons (Fsp3) is 0.529. The predicted molar refractivity (Wildman–Crippen MR) is 90.1 cm³/mol. The second kappa shape index (κ2) is 7.19. The quantitative estimate of drug-likeness (QED) is 0.718. The van der Waals surface area contributed by atoms with Gasteiger partial charge in [-0.3, -0.25) is 19.3 Å². The maximum Gasteiger partial charge on any atom is 0.326 e. The zero-order valence-corrected chi connectivity index (χ0v) is 14.9. The average Bonchev–Trinajstić information content (AvgIpc) is 3.13. The molecule has 2 saturated heterocycles. The molecule has 0 aromatic carbocycles. The topological polar surface area (TPSA) is 94.4 Å². The van der Waals surface area contributed by atoms with E-state index in [1.54, 1.807) is 21.9 Å². The highest BCUT2D eigenvalue weighted by Gasteiger charge is 2.42. The Kier molecular flexibility index (Phi) is 4.97. The van der Waals surface area contributed by atoms with Crippen molar-refractivity contribution in [2.24, 2.45) is 0 Å². The molecule has 0 N–H and O–H groups in total. The van der Waals surface area contributed by atoms with Gasteiger partial charge in [-0.2, -0.15) is 0 Å². The summed E-state index contributed by atoms with van der Waals surface area (Å²) < 4.78 is 5.14. The summed E-state index contributed by atoms with van der Waals surface area (Å²) in [4.78, 5) is 54.6. The Morgan fingerprint density at radius 2 is 1.81 bits per heavy atom. The first-order chi connectivity index (χ1) is 12.4. The van der Waals surface area contributed by atoms with Crippen LogP contribution in [0.2, 0.25) is 0 Å². The van der Waals surface area contributed by atoms with Crippen molar-refractivity contribution in [3.63, 3.8) is 0 Å². The maximum atomic E-state index is 12.6. The van der Waals surface area contributed by atoms with Gasteiger partial charge in [-0.15, -0.1) is 0 Å². The van der Waals surface area contributed by atoms with E-state index in [2.05, 4.69) is 0 Å². The molecule has 140 valence electrons. The van der Waals surface area contributed by atoms with Crippen molar-refractivity contribution in [1.29, 1.82) is 0 Å². The van der Waals surface area contributed by atoms with E-state index >= 15 is 0 Å². The second-order valence-corrected chi connectivity index (χ2v) is 6.51. The predicted octanol–water partition coefficient (Wildman–Crippen LogP) is 0.237. The van der Waals surface area contributed by atoms with Gasteiger partial charge in [0.1, 0.15) is 6.04 Å². The van der Waals surface area contributed by atoms with Gasteiger partial charge in [0.2, 0.25) is 5.91 Å². The molecule has 0 radical (unpaired) electrons. The lowest BCUT2D eigenvalue weighted by Gasteiger charge is -2.24. The standard InChI is InChI=1S/C17H22N4O5/c1-18-12(15(23)19(2)17(18)25)11-14(22)20-6-4-7-21(9-8-20)16(24)13-5-3-10-26-13/h3,5,10,12H,4,6-9,11H2,1-2H3. The minimum absolute atomic E-state index is 0.0441. The molecule has 1 aromatic heterocycles. The summed E-state index contributed by atoms with van der Waals surface area (Å²) in [5.74, 6) is -0.465. The van der Waals surface area contributed by atoms with Gasteiger partial charge in [-0.1, -0.05) is 0 Å². The highest BCUT2D eigenvalue weighted by molar-refractivity contribution is 6.05. The molecule has 0 bridgehead atoms. The molecular formula is C17H22N4O5. The highest BCUT2D eigenvalue weighted by atomic mass is 16.3. The van der Waals surface area contributed by atoms with E-state index < -0.39 is 12.1 Å². The van der Waals surface area contributed by atoms with Crippen molar-refractivity contribution in [2.75, 3.05) is 40.3 Å². The lowest BCUT2D eigenvalue weighted by Crippen LogP contribution is -2.41. The summed E-state index contributed by atoms with van der Waals surface area (Å²) >= 11 is 0. The first-order valence-corrected chi connectivity index (χ1v) is 8.55. The molecule has 0 saturated carbocycles. The summed E-state index contributed by atoms with van der Waals surface area (Å²) in [5, 5.41) is 0. The molecular weight excluding hydrogens is 340 g/mol. The Balaban J connectivity index is 1.59. The Hall–Kier alpha value is -2.84. The molecule has 2 aliphatic rings. The zero-order valence-electron chi connectivity index (χ0n) is 14.9. The number of hydrogen-bond donors (Lipinski definition) is 0. The average molecular weight is 362 g/mol. The number of carbonyl (C=O) groups is 4. The normalized spacial score (nSPS) is 21.4. The molecule has 3 rings (SSSR count). The molecule has 9 nitrogen and oxygen atoms in total. The third-order valence-corrected chi connectivity index (χ3v) is 4.91. The number of furan rings is 1. The van der Waals surface area contributed by atoms with Crippen LogP contribution in [0.15, 0.2) is 22.8 Å². The lowest BCUT2D eigenvalue weighted by atomic mass is 10.1. The van der Waals surface area contributed by atoms with Crippen molar-refractivity contribution < 1.29 is 23.6 Å². The van der Waals surface area contributed by atoms with Gasteiger partial charge in [-0.05, 0) is 18.6 Å². The summed E-state index contributed by atoms with van der Waals surface area (Å²) in [6.07, 6.45) is 2.05. The second-order valence-electron chi connectivity index (χ2n) is 6.51. The van der Waals surface area contributed by atoms with Crippen molar-refractivity contribution in [2.45, 2.75) is 18.9 Å². The Bertz CT molecular complexity index is 717. The van der Waals surface area contributed by atoms with Gasteiger partial charge in [0.05, 0.1) is 12.7 Å². The first-order valence-electron chi connectivity index (χ1n) is 8.55. The highest BCUT2D eigenvalue weighted by Crippen LogP contribution is 2.18. The molecule has 1 atom stereocenters. The molecule has 5 amide bonds. The van der Waals surface area contributed by atoms with Crippen molar-refractivity contribution in [1.82, 2.24) is 19.6 Å². The molecule has 2 aliphatic heterocycles. The van der Waals surface area contributed by atoms with Gasteiger partial charge in [0, 0.05) is 40.3 Å². The molecule has 1 unspecified atom stereocenters. The number of likely N-dealkylation sites (N-methyl/N-ethyl adjacent to an activating group) is 2. The number of urea groups is 1. The monoisotopic (exact) mass is 362 g/mol. The van der Waals surface area contributed by atoms with E-state index in [0.29, 0.717) is 32.6 Å². The molecule has 3 heterocycles. The number of carbonyl (C=O) groups excluding carboxylic acids is 4. The van der Waals surface area contributed by atoms with Crippen molar-refractivity contribution in [3.05, 3.63) is 24.2 Å². The molecule has 0 spiro atoms. The summed E-state index contributed by atoms with van der Waals surface area (Å²) in [6.45, 7) is 1.83. The van der Waals surface area contributed by atoms with Gasteiger partial charge in [-0.25, -0.2) is 4.79 Å². The van der Waals surface area contributed by atoms with Crippen molar-refractivity contribution in [3.8, 4) is 0 Å². The zero-order chi connectivity index (χ0) is 18.8. The van der Waals surface area contributed by atoms with Crippen molar-refractivity contribution >= 4 is 23.8 Å². The number of imide groups is 1. The van der Waals surface area contributed by atoms with Crippen LogP contribution >= 0.6 is 0 Å². The van der Waals surface area contributed by atoms with E-state index in [4.69, 9.17) is 4.42 Å². The van der Waals surface area contributed by atoms with Crippen LogP contribution < -0.4 is 0 Å². The van der Waals surface area contributed by atoms with E-state index in [1.165, 1.54) is 25.3 Å². The summed E-state index contributed by atoms with van der Waals surface area (Å²) in [5.41, 5.74) is 0. The number of nitrogens with zero attached hydrogens (tertiary/aromatic N) is 4. The summed E-state index contributed by atoms with van der Waals surface area (Å²) in [7, 11) is 2.93. The van der Waals surface area contributed by atoms with Crippen LogP contribution in [0, 0.1) is 0 Å². The van der Waals surface area contributed by atoms with E-state index in [9.17, 15) is 19.2 Å². The Labute approximate surface area is 151 Å². The SMILES string of the molecule is CN1C(=O)C(CC(=O)N2CCCN(C(=O)c3ccco3)CC2)N(C)C1=O. The smallest absolute Gasteiger partial charge is 0.326 e. The molecule has 26 heavy (non-hydrogen) atoms. The third-order valence-electron chi connectivity index (χ3n) is 4.91. The molecule has 0 aliphatic carbocycles. The minimum Gasteiger partial charge on any atom is -0.459 e. The van der Waals surface area contributed by atoms with Gasteiger partial charge < -0.3 is 19.1 Å². The lowest BCUT2D eigenvalue weighted by molar-refractivity contribution is -0.136. The molecule has 1 aromatic rings. The van der Waals surface area contributed by atoms with Gasteiger partial charge in [0.25, 0.3) is 11.8 Å². The van der Waals surface area contributed by atoms with Crippen LogP contribution in [0.4, 0.5) is 4.79 Å². The van der Waals surface area contributed by atoms with Crippen LogP contribution in [0.5, 0.6) is 0 Å². The molecule has 2 fully saturated rings. The number of hydrogen-bond acceptors (Lipinski definition) is 5. The maximum absolute atomic E-state index is 12.6. The van der Waals surface area contributed by atoms with E-state index in [-0.39, 0.29) is 29.9 Å². The fourth-order valence-electron chi connectivity index (χ4n) is 3.30. The van der Waals surface area contributed by atoms with Crippen LogP contribution in [0.1, 0.15) is 23.4 Å². The largest absolute Gasteiger partial charge is 0.459 e.